The van der Waals surface area contributed by atoms with Crippen molar-refractivity contribution >= 4 is 22.4 Å². The first-order chi connectivity index (χ1) is 8.91. The van der Waals surface area contributed by atoms with E-state index in [1.807, 2.05) is 13.8 Å². The number of anilines is 2. The van der Waals surface area contributed by atoms with E-state index in [4.69, 9.17) is 10.5 Å². The lowest BCUT2D eigenvalue weighted by molar-refractivity contribution is 0.245. The van der Waals surface area contributed by atoms with Crippen LogP contribution >= 0.6 is 11.5 Å². The molecule has 0 aliphatic heterocycles. The Labute approximate surface area is 120 Å². The lowest BCUT2D eigenvalue weighted by Crippen LogP contribution is -2.28. The SMILES string of the molecule is CC(C)Oc1c(N)nsc1NCCCN(C)C(C)C. The molecule has 0 aromatic carbocycles. The average Bonchev–Trinajstić information content (AvgIpc) is 2.66. The summed E-state index contributed by atoms with van der Waals surface area (Å²) < 4.78 is 9.82. The number of rotatable bonds is 8. The van der Waals surface area contributed by atoms with Gasteiger partial charge < -0.3 is 20.7 Å². The standard InChI is InChI=1S/C13H26N4OS/c1-9(2)17(5)8-6-7-15-13-11(18-10(3)4)12(14)16-19-13/h9-10,15H,6-8H2,1-5H3,(H2,14,16). The quantitative estimate of drug-likeness (QED) is 0.719. The normalized spacial score (nSPS) is 11.6. The van der Waals surface area contributed by atoms with Gasteiger partial charge in [-0.05, 0) is 59.2 Å². The predicted octanol–water partition coefficient (Wildman–Crippen LogP) is 2.65. The Morgan fingerprint density at radius 3 is 2.63 bits per heavy atom. The molecular formula is C13H26N4OS. The number of nitrogens with one attached hydrogen (secondary N) is 1. The first-order valence-electron chi connectivity index (χ1n) is 6.77. The third kappa shape index (κ3) is 5.24. The number of hydrogen-bond donors (Lipinski definition) is 2. The Hall–Kier alpha value is -1.01. The fourth-order valence-electron chi connectivity index (χ4n) is 1.54. The zero-order valence-corrected chi connectivity index (χ0v) is 13.4. The molecule has 1 aromatic heterocycles. The Bertz CT molecular complexity index is 379. The molecule has 0 unspecified atom stereocenters. The van der Waals surface area contributed by atoms with E-state index in [0.717, 1.165) is 24.5 Å². The van der Waals surface area contributed by atoms with Crippen LogP contribution < -0.4 is 15.8 Å². The maximum absolute atomic E-state index is 5.81. The molecule has 0 fully saturated rings. The first kappa shape index (κ1) is 16.0. The highest BCUT2D eigenvalue weighted by atomic mass is 32.1. The molecule has 19 heavy (non-hydrogen) atoms. The number of hydrogen-bond acceptors (Lipinski definition) is 6. The Kier molecular flexibility index (Phi) is 6.37. The van der Waals surface area contributed by atoms with Gasteiger partial charge in [0.15, 0.2) is 16.6 Å². The van der Waals surface area contributed by atoms with Crippen LogP contribution in [-0.4, -0.2) is 41.6 Å². The number of ether oxygens (including phenoxy) is 1. The van der Waals surface area contributed by atoms with Crippen LogP contribution in [0.25, 0.3) is 0 Å². The maximum atomic E-state index is 5.81. The summed E-state index contributed by atoms with van der Waals surface area (Å²) in [6, 6.07) is 0.582. The lowest BCUT2D eigenvalue weighted by atomic mass is 10.3. The molecule has 0 saturated heterocycles. The summed E-state index contributed by atoms with van der Waals surface area (Å²) in [5.74, 6) is 1.16. The lowest BCUT2D eigenvalue weighted by Gasteiger charge is -2.20. The zero-order valence-electron chi connectivity index (χ0n) is 12.6. The minimum absolute atomic E-state index is 0.103. The third-order valence-electron chi connectivity index (χ3n) is 2.88. The van der Waals surface area contributed by atoms with Crippen LogP contribution in [0.5, 0.6) is 5.75 Å². The molecule has 0 aliphatic carbocycles. The predicted molar refractivity (Wildman–Crippen MR) is 83.2 cm³/mol. The van der Waals surface area contributed by atoms with Crippen LogP contribution in [0.4, 0.5) is 10.8 Å². The van der Waals surface area contributed by atoms with E-state index in [9.17, 15) is 0 Å². The molecule has 5 nitrogen and oxygen atoms in total. The Balaban J connectivity index is 2.41. The first-order valence-corrected chi connectivity index (χ1v) is 7.55. The van der Waals surface area contributed by atoms with Crippen LogP contribution in [0.2, 0.25) is 0 Å². The van der Waals surface area contributed by atoms with Gasteiger partial charge in [0.25, 0.3) is 0 Å². The van der Waals surface area contributed by atoms with Gasteiger partial charge in [0.2, 0.25) is 0 Å². The molecule has 0 aliphatic rings. The molecule has 110 valence electrons. The Morgan fingerprint density at radius 2 is 2.05 bits per heavy atom. The van der Waals surface area contributed by atoms with Gasteiger partial charge in [0.1, 0.15) is 0 Å². The van der Waals surface area contributed by atoms with Gasteiger partial charge >= 0.3 is 0 Å². The van der Waals surface area contributed by atoms with Crippen LogP contribution in [0.3, 0.4) is 0 Å². The van der Waals surface area contributed by atoms with Gasteiger partial charge in [-0.3, -0.25) is 0 Å². The second-order valence-electron chi connectivity index (χ2n) is 5.25. The summed E-state index contributed by atoms with van der Waals surface area (Å²) in [4.78, 5) is 2.33. The molecule has 1 heterocycles. The van der Waals surface area contributed by atoms with Crippen LogP contribution in [0, 0.1) is 0 Å². The fourth-order valence-corrected chi connectivity index (χ4v) is 2.22. The van der Waals surface area contributed by atoms with Crippen molar-refractivity contribution in [3.63, 3.8) is 0 Å². The van der Waals surface area contributed by atoms with Crippen molar-refractivity contribution in [1.82, 2.24) is 9.27 Å². The largest absolute Gasteiger partial charge is 0.484 e. The summed E-state index contributed by atoms with van der Waals surface area (Å²) >= 11 is 1.36. The number of nitrogens with two attached hydrogens (primary N) is 1. The second-order valence-corrected chi connectivity index (χ2v) is 6.02. The van der Waals surface area contributed by atoms with E-state index >= 15 is 0 Å². The fraction of sp³-hybridized carbons (Fsp3) is 0.769. The monoisotopic (exact) mass is 286 g/mol. The van der Waals surface area contributed by atoms with Crippen molar-refractivity contribution < 1.29 is 4.74 Å². The molecule has 1 rings (SSSR count). The van der Waals surface area contributed by atoms with Crippen molar-refractivity contribution in [3.05, 3.63) is 0 Å². The number of nitrogen functional groups attached to an aromatic ring is 1. The highest BCUT2D eigenvalue weighted by Gasteiger charge is 2.14. The van der Waals surface area contributed by atoms with Crippen molar-refractivity contribution in [2.75, 3.05) is 31.2 Å². The van der Waals surface area contributed by atoms with Crippen molar-refractivity contribution in [1.29, 1.82) is 0 Å². The molecule has 6 heteroatoms. The topological polar surface area (TPSA) is 63.4 Å². The summed E-state index contributed by atoms with van der Waals surface area (Å²) in [6.45, 7) is 10.3. The van der Waals surface area contributed by atoms with Crippen molar-refractivity contribution in [2.24, 2.45) is 0 Å². The molecule has 0 atom stereocenters. The smallest absolute Gasteiger partial charge is 0.197 e. The molecule has 0 spiro atoms. The molecule has 0 bridgehead atoms. The van der Waals surface area contributed by atoms with Gasteiger partial charge in [-0.15, -0.1) is 0 Å². The van der Waals surface area contributed by atoms with Crippen molar-refractivity contribution in [3.8, 4) is 5.75 Å². The highest BCUT2D eigenvalue weighted by molar-refractivity contribution is 7.11. The summed E-state index contributed by atoms with van der Waals surface area (Å²) in [5, 5.41) is 4.29. The van der Waals surface area contributed by atoms with E-state index in [1.54, 1.807) is 0 Å². The molecule has 3 N–H and O–H groups in total. The summed E-state index contributed by atoms with van der Waals surface area (Å²) in [6.07, 6.45) is 1.18. The Morgan fingerprint density at radius 1 is 1.37 bits per heavy atom. The van der Waals surface area contributed by atoms with Crippen LogP contribution in [0.15, 0.2) is 0 Å². The van der Waals surface area contributed by atoms with E-state index in [2.05, 4.69) is 35.5 Å². The minimum atomic E-state index is 0.103. The summed E-state index contributed by atoms with van der Waals surface area (Å²) in [7, 11) is 2.14. The maximum Gasteiger partial charge on any atom is 0.197 e. The molecule has 0 saturated carbocycles. The van der Waals surface area contributed by atoms with Gasteiger partial charge in [0, 0.05) is 12.6 Å². The zero-order chi connectivity index (χ0) is 14.4. The van der Waals surface area contributed by atoms with E-state index in [-0.39, 0.29) is 6.10 Å². The van der Waals surface area contributed by atoms with Crippen LogP contribution in [-0.2, 0) is 0 Å². The van der Waals surface area contributed by atoms with Gasteiger partial charge in [0.05, 0.1) is 6.10 Å². The molecule has 0 amide bonds. The van der Waals surface area contributed by atoms with Crippen LogP contribution in [0.1, 0.15) is 34.1 Å². The number of nitrogens with zero attached hydrogens (tertiary/aromatic N) is 2. The number of aromatic nitrogens is 1. The van der Waals surface area contributed by atoms with Gasteiger partial charge in [-0.2, -0.15) is 4.37 Å². The van der Waals surface area contributed by atoms with Gasteiger partial charge in [-0.25, -0.2) is 0 Å². The van der Waals surface area contributed by atoms with Gasteiger partial charge in [-0.1, -0.05) is 0 Å². The molecule has 0 radical (unpaired) electrons. The minimum Gasteiger partial charge on any atom is -0.484 e. The van der Waals surface area contributed by atoms with E-state index in [1.165, 1.54) is 11.5 Å². The van der Waals surface area contributed by atoms with E-state index in [0.29, 0.717) is 17.6 Å². The van der Waals surface area contributed by atoms with Crippen molar-refractivity contribution in [2.45, 2.75) is 46.3 Å². The highest BCUT2D eigenvalue weighted by Crippen LogP contribution is 2.35. The van der Waals surface area contributed by atoms with E-state index < -0.39 is 0 Å². The second kappa shape index (κ2) is 7.55. The molecule has 1 aromatic rings. The third-order valence-corrected chi connectivity index (χ3v) is 3.68. The summed E-state index contributed by atoms with van der Waals surface area (Å²) in [5.41, 5.74) is 5.81. The average molecular weight is 286 g/mol. The molecular weight excluding hydrogens is 260 g/mol.